The van der Waals surface area contributed by atoms with Crippen LogP contribution in [0.4, 0.5) is 0 Å². The lowest BCUT2D eigenvalue weighted by atomic mass is 9.85. The fourth-order valence-electron chi connectivity index (χ4n) is 5.34. The van der Waals surface area contributed by atoms with Crippen LogP contribution in [0.2, 0.25) is 0 Å². The van der Waals surface area contributed by atoms with Gasteiger partial charge in [0, 0.05) is 0 Å². The van der Waals surface area contributed by atoms with Crippen molar-refractivity contribution in [2.45, 2.75) is 19.8 Å². The molecule has 0 N–H and O–H groups in total. The molecule has 6 heteroatoms. The highest BCUT2D eigenvalue weighted by Crippen LogP contribution is 2.73. The molecule has 0 aromatic heterocycles. The summed E-state index contributed by atoms with van der Waals surface area (Å²) < 4.78 is 10.8. The molecule has 1 aliphatic heterocycles. The minimum atomic E-state index is -0.220. The molecular weight excluding hydrogens is 344 g/mol. The topological polar surface area (TPSA) is 68.2 Å². The average Bonchev–Trinajstić information content (AvgIpc) is 3.28. The predicted octanol–water partition coefficient (Wildman–Crippen LogP) is 2.63. The van der Waals surface area contributed by atoms with Crippen LogP contribution in [0.25, 0.3) is 0 Å². The number of nitrogens with zero attached hydrogens (tertiary/aromatic N) is 2. The van der Waals surface area contributed by atoms with Crippen molar-refractivity contribution in [3.8, 4) is 11.5 Å². The smallest absolute Gasteiger partial charge is 0.254 e. The second-order valence-electron chi connectivity index (χ2n) is 7.80. The maximum absolute atomic E-state index is 12.9. The van der Waals surface area contributed by atoms with Gasteiger partial charge in [-0.05, 0) is 60.8 Å². The van der Waals surface area contributed by atoms with Gasteiger partial charge in [-0.15, -0.1) is 0 Å². The van der Waals surface area contributed by atoms with Crippen LogP contribution in [-0.2, 0) is 9.59 Å². The molecule has 0 unspecified atom stereocenters. The van der Waals surface area contributed by atoms with Crippen molar-refractivity contribution in [2.75, 3.05) is 13.7 Å². The summed E-state index contributed by atoms with van der Waals surface area (Å²) in [4.78, 5) is 25.8. The van der Waals surface area contributed by atoms with Crippen molar-refractivity contribution < 1.29 is 19.1 Å². The van der Waals surface area contributed by atoms with Gasteiger partial charge >= 0.3 is 0 Å². The van der Waals surface area contributed by atoms with Crippen molar-refractivity contribution in [2.24, 2.45) is 34.2 Å². The quantitative estimate of drug-likeness (QED) is 0.456. The molecule has 1 aromatic rings. The van der Waals surface area contributed by atoms with E-state index < -0.39 is 0 Å². The van der Waals surface area contributed by atoms with Gasteiger partial charge in [0.25, 0.3) is 11.8 Å². The molecule has 4 aliphatic rings. The highest BCUT2D eigenvalue weighted by molar-refractivity contribution is 6.07. The third-order valence-corrected chi connectivity index (χ3v) is 6.64. The maximum Gasteiger partial charge on any atom is 0.254 e. The molecule has 27 heavy (non-hydrogen) atoms. The zero-order valence-electron chi connectivity index (χ0n) is 15.4. The number of rotatable bonds is 5. The number of ether oxygens (including phenoxy) is 2. The van der Waals surface area contributed by atoms with Crippen LogP contribution < -0.4 is 9.47 Å². The van der Waals surface area contributed by atoms with E-state index in [0.717, 1.165) is 23.4 Å². The number of amides is 2. The van der Waals surface area contributed by atoms with Crippen molar-refractivity contribution >= 4 is 18.0 Å². The second kappa shape index (κ2) is 5.68. The molecule has 2 saturated carbocycles. The van der Waals surface area contributed by atoms with Crippen molar-refractivity contribution in [3.05, 3.63) is 35.9 Å². The third-order valence-electron chi connectivity index (χ3n) is 6.64. The SMILES string of the molecule is CCOc1ccc(/C=N\N2C(=O)[C@@H]3[C@H](C2=O)[C@H]2C=C[C@H]3C23CC3)cc1OC. The van der Waals surface area contributed by atoms with E-state index in [1.54, 1.807) is 19.2 Å². The van der Waals surface area contributed by atoms with Crippen molar-refractivity contribution in [1.29, 1.82) is 0 Å². The Kier molecular flexibility index (Phi) is 3.48. The van der Waals surface area contributed by atoms with E-state index in [-0.39, 0.29) is 40.9 Å². The number of fused-ring (bicyclic) bond motifs is 3. The molecule has 3 fully saturated rings. The molecule has 140 valence electrons. The number of hydrogen-bond donors (Lipinski definition) is 0. The van der Waals surface area contributed by atoms with Crippen LogP contribution in [0, 0.1) is 29.1 Å². The summed E-state index contributed by atoms with van der Waals surface area (Å²) in [6, 6.07) is 5.41. The summed E-state index contributed by atoms with van der Waals surface area (Å²) in [5, 5.41) is 5.32. The maximum atomic E-state index is 12.9. The first-order valence-corrected chi connectivity index (χ1v) is 9.51. The van der Waals surface area contributed by atoms with E-state index in [4.69, 9.17) is 9.47 Å². The molecule has 1 heterocycles. The van der Waals surface area contributed by atoms with Gasteiger partial charge in [-0.25, -0.2) is 0 Å². The Balaban J connectivity index is 1.38. The van der Waals surface area contributed by atoms with Gasteiger partial charge in [-0.3, -0.25) is 9.59 Å². The third kappa shape index (κ3) is 2.16. The van der Waals surface area contributed by atoms with Crippen LogP contribution in [0.5, 0.6) is 11.5 Å². The number of hydrazone groups is 1. The molecule has 1 aromatic carbocycles. The monoisotopic (exact) mass is 366 g/mol. The highest BCUT2D eigenvalue weighted by atomic mass is 16.5. The van der Waals surface area contributed by atoms with Crippen molar-refractivity contribution in [1.82, 2.24) is 5.01 Å². The first-order chi connectivity index (χ1) is 13.1. The van der Waals surface area contributed by atoms with Crippen LogP contribution in [-0.4, -0.2) is 36.8 Å². The molecule has 2 bridgehead atoms. The van der Waals surface area contributed by atoms with Gasteiger partial charge < -0.3 is 9.47 Å². The number of carbonyl (C=O) groups excluding carboxylic acids is 2. The Hall–Kier alpha value is -2.63. The summed E-state index contributed by atoms with van der Waals surface area (Å²) in [7, 11) is 1.57. The first kappa shape index (κ1) is 16.5. The minimum Gasteiger partial charge on any atom is -0.493 e. The molecule has 3 aliphatic carbocycles. The number of imide groups is 1. The molecule has 6 nitrogen and oxygen atoms in total. The lowest BCUT2D eigenvalue weighted by molar-refractivity contribution is -0.141. The van der Waals surface area contributed by atoms with Crippen LogP contribution >= 0.6 is 0 Å². The van der Waals surface area contributed by atoms with E-state index in [1.165, 1.54) is 6.21 Å². The predicted molar refractivity (Wildman–Crippen MR) is 98.4 cm³/mol. The Morgan fingerprint density at radius 1 is 1.15 bits per heavy atom. The normalized spacial score (nSPS) is 32.0. The lowest BCUT2D eigenvalue weighted by Crippen LogP contribution is -2.30. The number of carbonyl (C=O) groups is 2. The molecule has 4 atom stereocenters. The van der Waals surface area contributed by atoms with Crippen LogP contribution in [0.15, 0.2) is 35.5 Å². The Morgan fingerprint density at radius 2 is 1.81 bits per heavy atom. The first-order valence-electron chi connectivity index (χ1n) is 9.51. The van der Waals surface area contributed by atoms with E-state index >= 15 is 0 Å². The standard InChI is InChI=1S/C21H22N2O4/c1-3-27-15-7-4-12(10-16(15)26-2)11-22-23-19(24)17-13-5-6-14(18(17)20(23)25)21(13)8-9-21/h4-7,10-11,13-14,17-18H,3,8-9H2,1-2H3/b22-11-/t13-,14-,17-,18+/m1/s1. The number of hydrogen-bond acceptors (Lipinski definition) is 5. The van der Waals surface area contributed by atoms with Gasteiger partial charge in [0.05, 0.1) is 31.8 Å². The summed E-state index contributed by atoms with van der Waals surface area (Å²) in [6.45, 7) is 2.45. The summed E-state index contributed by atoms with van der Waals surface area (Å²) in [5.74, 6) is 0.935. The number of benzene rings is 1. The number of allylic oxidation sites excluding steroid dienone is 2. The Morgan fingerprint density at radius 3 is 2.37 bits per heavy atom. The Labute approximate surface area is 157 Å². The van der Waals surface area contributed by atoms with E-state index in [2.05, 4.69) is 17.3 Å². The van der Waals surface area contributed by atoms with Gasteiger partial charge in [0.2, 0.25) is 0 Å². The lowest BCUT2D eigenvalue weighted by Gasteiger charge is -2.18. The minimum absolute atomic E-state index is 0.151. The van der Waals surface area contributed by atoms with E-state index in [0.29, 0.717) is 18.1 Å². The molecule has 1 spiro atoms. The molecule has 2 amide bonds. The van der Waals surface area contributed by atoms with Crippen molar-refractivity contribution in [3.63, 3.8) is 0 Å². The average molecular weight is 366 g/mol. The highest BCUT2D eigenvalue weighted by Gasteiger charge is 2.73. The largest absolute Gasteiger partial charge is 0.493 e. The van der Waals surface area contributed by atoms with Crippen LogP contribution in [0.1, 0.15) is 25.3 Å². The zero-order valence-corrected chi connectivity index (χ0v) is 15.4. The molecular formula is C21H22N2O4. The fourth-order valence-corrected chi connectivity index (χ4v) is 5.34. The van der Waals surface area contributed by atoms with E-state index in [9.17, 15) is 9.59 Å². The summed E-state index contributed by atoms with van der Waals surface area (Å²) >= 11 is 0. The van der Waals surface area contributed by atoms with Gasteiger partial charge in [0.15, 0.2) is 11.5 Å². The van der Waals surface area contributed by atoms with E-state index in [1.807, 2.05) is 13.0 Å². The molecule has 5 rings (SSSR count). The second-order valence-corrected chi connectivity index (χ2v) is 7.80. The summed E-state index contributed by atoms with van der Waals surface area (Å²) in [6.07, 6.45) is 8.14. The van der Waals surface area contributed by atoms with Gasteiger partial charge in [0.1, 0.15) is 0 Å². The van der Waals surface area contributed by atoms with Crippen LogP contribution in [0.3, 0.4) is 0 Å². The Bertz CT molecular complexity index is 852. The molecule has 1 saturated heterocycles. The van der Waals surface area contributed by atoms with Gasteiger partial charge in [-0.2, -0.15) is 10.1 Å². The zero-order chi connectivity index (χ0) is 18.8. The summed E-state index contributed by atoms with van der Waals surface area (Å²) in [5.41, 5.74) is 0.951. The fraction of sp³-hybridized carbons (Fsp3) is 0.476. The number of methoxy groups -OCH3 is 1. The van der Waals surface area contributed by atoms with Gasteiger partial charge in [-0.1, -0.05) is 12.2 Å². The molecule has 0 radical (unpaired) electrons.